The topological polar surface area (TPSA) is 108 Å². The van der Waals surface area contributed by atoms with Crippen LogP contribution in [0.25, 0.3) is 21.8 Å². The van der Waals surface area contributed by atoms with E-state index in [0.717, 1.165) is 20.9 Å². The Labute approximate surface area is 127 Å². The van der Waals surface area contributed by atoms with Crippen LogP contribution in [0.4, 0.5) is 10.5 Å². The summed E-state index contributed by atoms with van der Waals surface area (Å²) in [5.74, 6) is -0.543. The number of nitrogens with one attached hydrogen (secondary N) is 2. The number of hydrogen-bond donors (Lipinski definition) is 4. The van der Waals surface area contributed by atoms with Crippen LogP contribution in [-0.4, -0.2) is 22.1 Å². The molecule has 0 saturated heterocycles. The van der Waals surface area contributed by atoms with Crippen molar-refractivity contribution < 1.29 is 14.7 Å². The number of halogens is 1. The van der Waals surface area contributed by atoms with E-state index < -0.39 is 12.0 Å². The van der Waals surface area contributed by atoms with Gasteiger partial charge in [0.15, 0.2) is 0 Å². The first-order chi connectivity index (χ1) is 9.95. The van der Waals surface area contributed by atoms with E-state index in [1.807, 2.05) is 6.07 Å². The molecule has 0 spiro atoms. The number of H-pyrrole nitrogens is 1. The molecule has 0 aliphatic carbocycles. The van der Waals surface area contributed by atoms with Gasteiger partial charge in [0.1, 0.15) is 0 Å². The van der Waals surface area contributed by atoms with Crippen LogP contribution in [0.5, 0.6) is 0 Å². The van der Waals surface area contributed by atoms with E-state index in [1.54, 1.807) is 24.3 Å². The van der Waals surface area contributed by atoms with Gasteiger partial charge < -0.3 is 15.8 Å². The van der Waals surface area contributed by atoms with Crippen molar-refractivity contribution in [2.45, 2.75) is 0 Å². The minimum atomic E-state index is -1.15. The van der Waals surface area contributed by atoms with Gasteiger partial charge in [-0.05, 0) is 30.3 Å². The number of nitrogens with two attached hydrogens (primary N) is 1. The van der Waals surface area contributed by atoms with Crippen molar-refractivity contribution in [1.82, 2.24) is 4.98 Å². The van der Waals surface area contributed by atoms with E-state index in [2.05, 4.69) is 26.2 Å². The van der Waals surface area contributed by atoms with E-state index in [-0.39, 0.29) is 0 Å². The van der Waals surface area contributed by atoms with Crippen LogP contribution in [0, 0.1) is 0 Å². The van der Waals surface area contributed by atoms with E-state index >= 15 is 0 Å². The van der Waals surface area contributed by atoms with Crippen molar-refractivity contribution in [3.8, 4) is 0 Å². The number of carbonyl (C=O) groups is 2. The number of amides is 2. The molecule has 3 aromatic rings. The van der Waals surface area contributed by atoms with Crippen LogP contribution < -0.4 is 11.1 Å². The molecule has 0 unspecified atom stereocenters. The zero-order valence-electron chi connectivity index (χ0n) is 10.6. The average Bonchev–Trinajstić information content (AvgIpc) is 2.74. The first-order valence-electron chi connectivity index (χ1n) is 6.00. The molecule has 0 saturated carbocycles. The summed E-state index contributed by atoms with van der Waals surface area (Å²) in [5.41, 5.74) is 7.78. The molecule has 0 aliphatic rings. The maximum absolute atomic E-state index is 11.6. The molecule has 5 N–H and O–H groups in total. The van der Waals surface area contributed by atoms with Crippen molar-refractivity contribution in [3.63, 3.8) is 0 Å². The summed E-state index contributed by atoms with van der Waals surface area (Å²) in [4.78, 5) is 25.6. The van der Waals surface area contributed by atoms with Crippen LogP contribution in [0.15, 0.2) is 34.8 Å². The standard InChI is InChI=1S/C14H10BrN3O3/c15-6-3-9(13(16)19)12-8-5-7(17-14(20)21)1-2-10(8)18-11(12)4-6/h1-5,17-18H,(H2,16,19)(H,20,21). The fraction of sp³-hybridized carbons (Fsp3) is 0. The van der Waals surface area contributed by atoms with E-state index in [9.17, 15) is 9.59 Å². The molecule has 21 heavy (non-hydrogen) atoms. The highest BCUT2D eigenvalue weighted by Crippen LogP contribution is 2.32. The number of hydrogen-bond acceptors (Lipinski definition) is 2. The van der Waals surface area contributed by atoms with E-state index in [0.29, 0.717) is 16.6 Å². The quantitative estimate of drug-likeness (QED) is 0.571. The van der Waals surface area contributed by atoms with Crippen molar-refractivity contribution in [1.29, 1.82) is 0 Å². The minimum Gasteiger partial charge on any atom is -0.465 e. The summed E-state index contributed by atoms with van der Waals surface area (Å²) in [7, 11) is 0. The molecule has 0 radical (unpaired) electrons. The number of primary amides is 1. The lowest BCUT2D eigenvalue weighted by atomic mass is 10.1. The number of aromatic amines is 1. The summed E-state index contributed by atoms with van der Waals surface area (Å²) < 4.78 is 0.735. The van der Waals surface area contributed by atoms with Gasteiger partial charge in [-0.3, -0.25) is 10.1 Å². The summed E-state index contributed by atoms with van der Waals surface area (Å²) in [5, 5.41) is 12.5. The minimum absolute atomic E-state index is 0.373. The number of aromatic nitrogens is 1. The molecule has 2 aromatic carbocycles. The Balaban J connectivity index is 2.36. The number of fused-ring (bicyclic) bond motifs is 3. The zero-order chi connectivity index (χ0) is 15.1. The Morgan fingerprint density at radius 2 is 1.95 bits per heavy atom. The molecule has 106 valence electrons. The van der Waals surface area contributed by atoms with Gasteiger partial charge in [-0.1, -0.05) is 15.9 Å². The summed E-state index contributed by atoms with van der Waals surface area (Å²) >= 11 is 3.34. The predicted molar refractivity (Wildman–Crippen MR) is 83.7 cm³/mol. The summed E-state index contributed by atoms with van der Waals surface area (Å²) in [6.45, 7) is 0. The van der Waals surface area contributed by atoms with Gasteiger partial charge >= 0.3 is 6.09 Å². The molecule has 2 amide bonds. The smallest absolute Gasteiger partial charge is 0.409 e. The molecule has 3 rings (SSSR count). The molecule has 0 fully saturated rings. The first kappa shape index (κ1) is 13.4. The highest BCUT2D eigenvalue weighted by atomic mass is 79.9. The van der Waals surface area contributed by atoms with Gasteiger partial charge in [0.25, 0.3) is 0 Å². The van der Waals surface area contributed by atoms with Gasteiger partial charge in [0, 0.05) is 32.0 Å². The Kier molecular flexibility index (Phi) is 3.06. The van der Waals surface area contributed by atoms with Crippen LogP contribution >= 0.6 is 15.9 Å². The fourth-order valence-electron chi connectivity index (χ4n) is 2.40. The second-order valence-corrected chi connectivity index (χ2v) is 5.47. The molecule has 0 bridgehead atoms. The maximum Gasteiger partial charge on any atom is 0.409 e. The number of anilines is 1. The number of carboxylic acid groups (broad SMARTS) is 1. The van der Waals surface area contributed by atoms with E-state index in [4.69, 9.17) is 10.8 Å². The number of rotatable bonds is 2. The third kappa shape index (κ3) is 2.31. The molecule has 7 heteroatoms. The van der Waals surface area contributed by atoms with Crippen molar-refractivity contribution in [2.24, 2.45) is 5.73 Å². The van der Waals surface area contributed by atoms with Crippen molar-refractivity contribution in [3.05, 3.63) is 40.4 Å². The van der Waals surface area contributed by atoms with Gasteiger partial charge in [0.05, 0.1) is 5.56 Å². The monoisotopic (exact) mass is 347 g/mol. The van der Waals surface area contributed by atoms with Gasteiger partial charge in [0.2, 0.25) is 5.91 Å². The Morgan fingerprint density at radius 1 is 1.19 bits per heavy atom. The predicted octanol–water partition coefficient (Wildman–Crippen LogP) is 3.27. The van der Waals surface area contributed by atoms with Crippen LogP contribution in [0.2, 0.25) is 0 Å². The van der Waals surface area contributed by atoms with Crippen LogP contribution in [-0.2, 0) is 0 Å². The normalized spacial score (nSPS) is 10.9. The summed E-state index contributed by atoms with van der Waals surface area (Å²) in [6, 6.07) is 8.55. The highest BCUT2D eigenvalue weighted by molar-refractivity contribution is 9.10. The molecule has 0 atom stereocenters. The Hall–Kier alpha value is -2.54. The zero-order valence-corrected chi connectivity index (χ0v) is 12.2. The van der Waals surface area contributed by atoms with Crippen molar-refractivity contribution in [2.75, 3.05) is 5.32 Å². The second kappa shape index (κ2) is 4.78. The molecule has 1 aromatic heterocycles. The third-order valence-corrected chi connectivity index (χ3v) is 3.64. The lowest BCUT2D eigenvalue weighted by molar-refractivity contribution is 0.100. The molecule has 6 nitrogen and oxygen atoms in total. The van der Waals surface area contributed by atoms with Gasteiger partial charge in [-0.2, -0.15) is 0 Å². The Morgan fingerprint density at radius 3 is 2.62 bits per heavy atom. The molecule has 0 aliphatic heterocycles. The fourth-order valence-corrected chi connectivity index (χ4v) is 2.85. The third-order valence-electron chi connectivity index (χ3n) is 3.18. The second-order valence-electron chi connectivity index (χ2n) is 4.56. The van der Waals surface area contributed by atoms with Crippen molar-refractivity contribution >= 4 is 55.4 Å². The maximum atomic E-state index is 11.6. The van der Waals surface area contributed by atoms with Gasteiger partial charge in [-0.15, -0.1) is 0 Å². The summed E-state index contributed by atoms with van der Waals surface area (Å²) in [6.07, 6.45) is -1.15. The first-order valence-corrected chi connectivity index (χ1v) is 6.80. The van der Waals surface area contributed by atoms with Gasteiger partial charge in [-0.25, -0.2) is 4.79 Å². The van der Waals surface area contributed by atoms with E-state index in [1.165, 1.54) is 0 Å². The van der Waals surface area contributed by atoms with Crippen LogP contribution in [0.3, 0.4) is 0 Å². The number of carbonyl (C=O) groups excluding carboxylic acids is 1. The number of benzene rings is 2. The highest BCUT2D eigenvalue weighted by Gasteiger charge is 2.14. The Bertz CT molecular complexity index is 901. The average molecular weight is 348 g/mol. The molecular formula is C14H10BrN3O3. The van der Waals surface area contributed by atoms with Crippen LogP contribution in [0.1, 0.15) is 10.4 Å². The molecule has 1 heterocycles. The lowest BCUT2D eigenvalue weighted by Crippen LogP contribution is -2.11. The SMILES string of the molecule is NC(=O)c1cc(Br)cc2[nH]c3ccc(NC(=O)O)cc3c12. The molecular weight excluding hydrogens is 338 g/mol. The lowest BCUT2D eigenvalue weighted by Gasteiger charge is -2.03. The largest absolute Gasteiger partial charge is 0.465 e.